The molecule has 0 saturated carbocycles. The van der Waals surface area contributed by atoms with Crippen LogP contribution in [0.2, 0.25) is 0 Å². The monoisotopic (exact) mass is 230 g/mol. The van der Waals surface area contributed by atoms with Gasteiger partial charge in [0.15, 0.2) is 0 Å². The zero-order valence-corrected chi connectivity index (χ0v) is 9.77. The van der Waals surface area contributed by atoms with Crippen LogP contribution in [0, 0.1) is 6.92 Å². The van der Waals surface area contributed by atoms with E-state index in [2.05, 4.69) is 0 Å². The molecule has 4 heteroatoms. The van der Waals surface area contributed by atoms with Crippen LogP contribution in [0.4, 0.5) is 5.69 Å². The van der Waals surface area contributed by atoms with E-state index in [0.717, 1.165) is 16.8 Å². The van der Waals surface area contributed by atoms with Gasteiger partial charge >= 0.3 is 0 Å². The van der Waals surface area contributed by atoms with E-state index in [9.17, 15) is 9.90 Å². The highest BCUT2D eigenvalue weighted by atomic mass is 16.3. The third-order valence-electron chi connectivity index (χ3n) is 2.92. The minimum Gasteiger partial charge on any atom is -0.508 e. The number of phenols is 1. The molecule has 0 amide bonds. The number of nitrogens with zero attached hydrogens (tertiary/aromatic N) is 1. The summed E-state index contributed by atoms with van der Waals surface area (Å²) < 4.78 is 1.53. The highest BCUT2D eigenvalue weighted by Gasteiger charge is 2.08. The molecule has 0 aliphatic rings. The topological polar surface area (TPSA) is 68.2 Å². The normalized spacial score (nSPS) is 10.5. The molecule has 2 aromatic rings. The van der Waals surface area contributed by atoms with Crippen molar-refractivity contribution in [2.45, 2.75) is 6.92 Å². The van der Waals surface area contributed by atoms with Gasteiger partial charge in [0.05, 0.1) is 5.69 Å². The van der Waals surface area contributed by atoms with Crippen LogP contribution in [0.25, 0.3) is 11.1 Å². The van der Waals surface area contributed by atoms with Gasteiger partial charge in [0, 0.05) is 18.3 Å². The Kier molecular flexibility index (Phi) is 2.63. The Labute approximate surface area is 98.9 Å². The third-order valence-corrected chi connectivity index (χ3v) is 2.92. The van der Waals surface area contributed by atoms with Crippen LogP contribution in [-0.4, -0.2) is 9.67 Å². The standard InChI is InChI=1S/C13H14N2O2/c1-8-11(7-12(14)13(17)15(8)2)9-3-5-10(16)6-4-9/h3-7,16H,14H2,1-2H3. The summed E-state index contributed by atoms with van der Waals surface area (Å²) in [6.45, 7) is 1.86. The summed E-state index contributed by atoms with van der Waals surface area (Å²) in [5.41, 5.74) is 8.36. The molecule has 88 valence electrons. The van der Waals surface area contributed by atoms with E-state index in [-0.39, 0.29) is 17.0 Å². The molecule has 0 aliphatic heterocycles. The van der Waals surface area contributed by atoms with E-state index < -0.39 is 0 Å². The Balaban J connectivity index is 2.68. The molecular formula is C13H14N2O2. The summed E-state index contributed by atoms with van der Waals surface area (Å²) in [7, 11) is 1.69. The number of aromatic nitrogens is 1. The maximum Gasteiger partial charge on any atom is 0.273 e. The summed E-state index contributed by atoms with van der Waals surface area (Å²) in [5.74, 6) is 0.212. The van der Waals surface area contributed by atoms with Crippen molar-refractivity contribution in [1.82, 2.24) is 4.57 Å². The average Bonchev–Trinajstić information content (AvgIpc) is 2.32. The summed E-state index contributed by atoms with van der Waals surface area (Å²) in [4.78, 5) is 11.6. The van der Waals surface area contributed by atoms with E-state index in [1.54, 1.807) is 37.4 Å². The lowest BCUT2D eigenvalue weighted by atomic mass is 10.0. The van der Waals surface area contributed by atoms with Gasteiger partial charge in [0.1, 0.15) is 5.75 Å². The highest BCUT2D eigenvalue weighted by molar-refractivity contribution is 5.69. The number of rotatable bonds is 1. The lowest BCUT2D eigenvalue weighted by molar-refractivity contribution is 0.475. The third kappa shape index (κ3) is 1.89. The molecule has 0 fully saturated rings. The maximum absolute atomic E-state index is 11.6. The molecule has 0 radical (unpaired) electrons. The Hall–Kier alpha value is -2.23. The molecular weight excluding hydrogens is 216 g/mol. The Morgan fingerprint density at radius 1 is 1.24 bits per heavy atom. The van der Waals surface area contributed by atoms with Gasteiger partial charge in [0.2, 0.25) is 0 Å². The van der Waals surface area contributed by atoms with Crippen molar-refractivity contribution in [2.75, 3.05) is 5.73 Å². The number of phenolic OH excluding ortho intramolecular Hbond substituents is 1. The van der Waals surface area contributed by atoms with E-state index in [4.69, 9.17) is 5.73 Å². The molecule has 17 heavy (non-hydrogen) atoms. The molecule has 0 bridgehead atoms. The summed E-state index contributed by atoms with van der Waals surface area (Å²) in [6.07, 6.45) is 0. The zero-order valence-electron chi connectivity index (χ0n) is 9.77. The van der Waals surface area contributed by atoms with Crippen LogP contribution in [-0.2, 0) is 7.05 Å². The number of hydrogen-bond acceptors (Lipinski definition) is 3. The van der Waals surface area contributed by atoms with Crippen molar-refractivity contribution in [1.29, 1.82) is 0 Å². The SMILES string of the molecule is Cc1c(-c2ccc(O)cc2)cc(N)c(=O)n1C. The second-order valence-corrected chi connectivity index (χ2v) is 4.01. The summed E-state index contributed by atoms with van der Waals surface area (Å²) in [5, 5.41) is 9.25. The van der Waals surface area contributed by atoms with Gasteiger partial charge in [-0.2, -0.15) is 0 Å². The summed E-state index contributed by atoms with van der Waals surface area (Å²) >= 11 is 0. The molecule has 1 aromatic carbocycles. The maximum atomic E-state index is 11.6. The second kappa shape index (κ2) is 3.97. The number of benzene rings is 1. The number of pyridine rings is 1. The minimum atomic E-state index is -0.190. The molecule has 0 saturated heterocycles. The van der Waals surface area contributed by atoms with Crippen LogP contribution in [0.5, 0.6) is 5.75 Å². The highest BCUT2D eigenvalue weighted by Crippen LogP contribution is 2.25. The molecule has 1 aromatic heterocycles. The van der Waals surface area contributed by atoms with E-state index in [1.165, 1.54) is 4.57 Å². The quantitative estimate of drug-likeness (QED) is 0.782. The minimum absolute atomic E-state index is 0.190. The van der Waals surface area contributed by atoms with E-state index >= 15 is 0 Å². The number of aromatic hydroxyl groups is 1. The number of nitrogen functional groups attached to an aromatic ring is 1. The molecule has 0 unspecified atom stereocenters. The Morgan fingerprint density at radius 2 is 1.82 bits per heavy atom. The summed E-state index contributed by atoms with van der Waals surface area (Å²) in [6, 6.07) is 8.47. The smallest absolute Gasteiger partial charge is 0.273 e. The average molecular weight is 230 g/mol. The fourth-order valence-corrected chi connectivity index (χ4v) is 1.78. The predicted octanol–water partition coefficient (Wildman–Crippen LogP) is 1.65. The molecule has 4 nitrogen and oxygen atoms in total. The number of anilines is 1. The van der Waals surface area contributed by atoms with Gasteiger partial charge in [0.25, 0.3) is 5.56 Å². The van der Waals surface area contributed by atoms with Crippen molar-refractivity contribution >= 4 is 5.69 Å². The van der Waals surface area contributed by atoms with Crippen molar-refractivity contribution in [3.63, 3.8) is 0 Å². The molecule has 0 atom stereocenters. The first kappa shape index (κ1) is 11.3. The van der Waals surface area contributed by atoms with Gasteiger partial charge in [-0.1, -0.05) is 12.1 Å². The van der Waals surface area contributed by atoms with Crippen LogP contribution in [0.1, 0.15) is 5.69 Å². The molecule has 0 spiro atoms. The predicted molar refractivity (Wildman–Crippen MR) is 67.9 cm³/mol. The van der Waals surface area contributed by atoms with Gasteiger partial charge in [-0.15, -0.1) is 0 Å². The fraction of sp³-hybridized carbons (Fsp3) is 0.154. The van der Waals surface area contributed by atoms with Crippen LogP contribution < -0.4 is 11.3 Å². The second-order valence-electron chi connectivity index (χ2n) is 4.01. The van der Waals surface area contributed by atoms with Gasteiger partial charge < -0.3 is 15.4 Å². The lowest BCUT2D eigenvalue weighted by Gasteiger charge is -2.11. The van der Waals surface area contributed by atoms with Crippen LogP contribution in [0.3, 0.4) is 0 Å². The molecule has 3 N–H and O–H groups in total. The molecule has 2 rings (SSSR count). The zero-order chi connectivity index (χ0) is 12.6. The number of nitrogens with two attached hydrogens (primary N) is 1. The molecule has 0 aliphatic carbocycles. The largest absolute Gasteiger partial charge is 0.508 e. The van der Waals surface area contributed by atoms with Gasteiger partial charge in [-0.25, -0.2) is 0 Å². The first-order valence-corrected chi connectivity index (χ1v) is 5.26. The Morgan fingerprint density at radius 3 is 2.41 bits per heavy atom. The first-order valence-electron chi connectivity index (χ1n) is 5.26. The van der Waals surface area contributed by atoms with Crippen molar-refractivity contribution < 1.29 is 5.11 Å². The van der Waals surface area contributed by atoms with Crippen LogP contribution in [0.15, 0.2) is 35.1 Å². The lowest BCUT2D eigenvalue weighted by Crippen LogP contribution is -2.22. The van der Waals surface area contributed by atoms with Gasteiger partial charge in [-0.3, -0.25) is 4.79 Å². The van der Waals surface area contributed by atoms with E-state index in [1.807, 2.05) is 6.92 Å². The van der Waals surface area contributed by atoms with Gasteiger partial charge in [-0.05, 0) is 30.7 Å². The van der Waals surface area contributed by atoms with Crippen LogP contribution >= 0.6 is 0 Å². The molecule has 1 heterocycles. The fourth-order valence-electron chi connectivity index (χ4n) is 1.78. The number of hydrogen-bond donors (Lipinski definition) is 2. The van der Waals surface area contributed by atoms with Crippen molar-refractivity contribution in [3.8, 4) is 16.9 Å². The van der Waals surface area contributed by atoms with Crippen molar-refractivity contribution in [3.05, 3.63) is 46.4 Å². The van der Waals surface area contributed by atoms with Crippen molar-refractivity contribution in [2.24, 2.45) is 7.05 Å². The Bertz CT molecular complexity index is 613. The van der Waals surface area contributed by atoms with E-state index in [0.29, 0.717) is 0 Å². The first-order chi connectivity index (χ1) is 8.00.